The maximum absolute atomic E-state index is 13.3. The van der Waals surface area contributed by atoms with Gasteiger partial charge in [0.2, 0.25) is 5.75 Å². The number of anilines is 1. The van der Waals surface area contributed by atoms with Gasteiger partial charge < -0.3 is 10.1 Å². The number of nitrogens with zero attached hydrogens (tertiary/aromatic N) is 4. The molecule has 1 heterocycles. The molecule has 0 fully saturated rings. The number of carbonyl (C=O) groups excluding carboxylic acids is 1. The fourth-order valence-corrected chi connectivity index (χ4v) is 4.16. The van der Waals surface area contributed by atoms with Crippen molar-refractivity contribution in [1.29, 1.82) is 0 Å². The largest absolute Gasteiger partial charge is 0.476 e. The molecule has 0 radical (unpaired) electrons. The summed E-state index contributed by atoms with van der Waals surface area (Å²) in [4.78, 5) is 41.5. The number of aryl methyl sites for hydroxylation is 2. The van der Waals surface area contributed by atoms with Gasteiger partial charge in [0.1, 0.15) is 5.82 Å². The summed E-state index contributed by atoms with van der Waals surface area (Å²) in [5, 5.41) is 19.2. The predicted molar refractivity (Wildman–Crippen MR) is 149 cm³/mol. The van der Waals surface area contributed by atoms with Crippen LogP contribution in [0.4, 0.5) is 11.4 Å². The molecule has 3 aromatic carbocycles. The van der Waals surface area contributed by atoms with Crippen LogP contribution in [0.1, 0.15) is 30.3 Å². The van der Waals surface area contributed by atoms with Crippen LogP contribution in [-0.4, -0.2) is 33.3 Å². The Kier molecular flexibility index (Phi) is 8.27. The second kappa shape index (κ2) is 11.8. The molecule has 4 aromatic rings. The van der Waals surface area contributed by atoms with Gasteiger partial charge in [-0.05, 0) is 49.2 Å². The highest BCUT2D eigenvalue weighted by atomic mass is 79.9. The number of ether oxygens (including phenoxy) is 1. The van der Waals surface area contributed by atoms with Gasteiger partial charge in [0.25, 0.3) is 11.5 Å². The summed E-state index contributed by atoms with van der Waals surface area (Å²) in [7, 11) is 0. The Bertz CT molecular complexity index is 1620. The summed E-state index contributed by atoms with van der Waals surface area (Å²) in [5.74, 6) is -0.164. The molecule has 0 saturated carbocycles. The Morgan fingerprint density at radius 3 is 2.74 bits per heavy atom. The van der Waals surface area contributed by atoms with Crippen molar-refractivity contribution in [2.24, 2.45) is 5.10 Å². The van der Waals surface area contributed by atoms with E-state index >= 15 is 0 Å². The van der Waals surface area contributed by atoms with Crippen molar-refractivity contribution >= 4 is 50.3 Å². The molecular weight excluding hydrogens is 554 g/mol. The molecular formula is C27H24BrN5O5. The molecule has 0 unspecified atom stereocenters. The fourth-order valence-electron chi connectivity index (χ4n) is 3.80. The molecule has 38 heavy (non-hydrogen) atoms. The number of rotatable bonds is 9. The van der Waals surface area contributed by atoms with Gasteiger partial charge in [-0.2, -0.15) is 9.78 Å². The molecule has 194 valence electrons. The topological polar surface area (TPSA) is 129 Å². The van der Waals surface area contributed by atoms with Crippen LogP contribution in [0.25, 0.3) is 10.9 Å². The molecule has 4 rings (SSSR count). The monoisotopic (exact) mass is 577 g/mol. The van der Waals surface area contributed by atoms with Crippen molar-refractivity contribution in [3.63, 3.8) is 0 Å². The van der Waals surface area contributed by atoms with E-state index in [-0.39, 0.29) is 22.6 Å². The van der Waals surface area contributed by atoms with Crippen molar-refractivity contribution in [2.75, 3.05) is 11.9 Å². The van der Waals surface area contributed by atoms with E-state index in [1.54, 1.807) is 36.4 Å². The van der Waals surface area contributed by atoms with Crippen LogP contribution >= 0.6 is 15.9 Å². The lowest BCUT2D eigenvalue weighted by Crippen LogP contribution is -2.23. The summed E-state index contributed by atoms with van der Waals surface area (Å²) < 4.78 is 7.54. The summed E-state index contributed by atoms with van der Waals surface area (Å²) >= 11 is 3.37. The summed E-state index contributed by atoms with van der Waals surface area (Å²) in [6.07, 6.45) is 2.52. The number of aromatic nitrogens is 2. The highest BCUT2D eigenvalue weighted by molar-refractivity contribution is 9.10. The minimum atomic E-state index is -0.601. The average molecular weight is 578 g/mol. The van der Waals surface area contributed by atoms with Gasteiger partial charge >= 0.3 is 5.69 Å². The summed E-state index contributed by atoms with van der Waals surface area (Å²) in [6, 6.07) is 16.8. The van der Waals surface area contributed by atoms with Gasteiger partial charge in [-0.15, -0.1) is 0 Å². The maximum Gasteiger partial charge on any atom is 0.311 e. The van der Waals surface area contributed by atoms with E-state index in [0.717, 1.165) is 16.5 Å². The lowest BCUT2D eigenvalue weighted by atomic mass is 10.2. The number of fused-ring (bicyclic) bond motifs is 1. The first-order valence-electron chi connectivity index (χ1n) is 11.8. The third-order valence-corrected chi connectivity index (χ3v) is 6.14. The van der Waals surface area contributed by atoms with Gasteiger partial charge in [-0.3, -0.25) is 19.7 Å². The Balaban J connectivity index is 1.68. The van der Waals surface area contributed by atoms with Crippen LogP contribution in [-0.2, 0) is 11.2 Å². The highest BCUT2D eigenvalue weighted by Gasteiger charge is 2.20. The van der Waals surface area contributed by atoms with E-state index in [1.165, 1.54) is 23.0 Å². The number of amides is 1. The zero-order chi connectivity index (χ0) is 27.2. The van der Waals surface area contributed by atoms with E-state index in [9.17, 15) is 19.7 Å². The molecule has 1 aromatic heterocycles. The molecule has 0 bridgehead atoms. The molecule has 0 aliphatic heterocycles. The minimum Gasteiger partial charge on any atom is -0.476 e. The standard InChI is InChI=1S/C27H24BrN5O5/c1-3-7-24-30-22-13-12-19(28)14-20(22)27(35)32(24)29-15-18-9-6-11-23(33(36)37)26(18)38-16-25(34)31-21-10-5-4-8-17(21)2/h4-6,8-15H,3,7,16H2,1-2H3,(H,31,34). The zero-order valence-corrected chi connectivity index (χ0v) is 22.3. The molecule has 0 atom stereocenters. The number of para-hydroxylation sites is 2. The first-order valence-corrected chi connectivity index (χ1v) is 12.6. The third kappa shape index (κ3) is 5.94. The molecule has 0 aliphatic carbocycles. The van der Waals surface area contributed by atoms with Gasteiger partial charge in [-0.1, -0.05) is 47.1 Å². The lowest BCUT2D eigenvalue weighted by Gasteiger charge is -2.12. The van der Waals surface area contributed by atoms with Gasteiger partial charge in [-0.25, -0.2) is 4.98 Å². The van der Waals surface area contributed by atoms with Gasteiger partial charge in [0, 0.05) is 28.2 Å². The summed E-state index contributed by atoms with van der Waals surface area (Å²) in [5.41, 5.74) is 1.55. The number of nitro benzene ring substituents is 1. The Hall–Kier alpha value is -4.38. The molecule has 0 saturated heterocycles. The predicted octanol–water partition coefficient (Wildman–Crippen LogP) is 5.23. The van der Waals surface area contributed by atoms with Crippen molar-refractivity contribution in [2.45, 2.75) is 26.7 Å². The van der Waals surface area contributed by atoms with Crippen molar-refractivity contribution < 1.29 is 14.5 Å². The second-order valence-corrected chi connectivity index (χ2v) is 9.32. The van der Waals surface area contributed by atoms with Crippen molar-refractivity contribution in [1.82, 2.24) is 9.66 Å². The van der Waals surface area contributed by atoms with Crippen LogP contribution < -0.4 is 15.6 Å². The van der Waals surface area contributed by atoms with E-state index in [2.05, 4.69) is 31.3 Å². The quantitative estimate of drug-likeness (QED) is 0.165. The molecule has 0 spiro atoms. The maximum atomic E-state index is 13.3. The van der Waals surface area contributed by atoms with E-state index in [0.29, 0.717) is 28.8 Å². The van der Waals surface area contributed by atoms with Gasteiger partial charge in [0.05, 0.1) is 22.0 Å². The normalized spacial score (nSPS) is 11.1. The number of nitrogens with one attached hydrogen (secondary N) is 1. The molecule has 10 nitrogen and oxygen atoms in total. The third-order valence-electron chi connectivity index (χ3n) is 5.65. The van der Waals surface area contributed by atoms with Crippen LogP contribution in [0.3, 0.4) is 0 Å². The first kappa shape index (κ1) is 26.7. The SMILES string of the molecule is CCCc1nc2ccc(Br)cc2c(=O)n1N=Cc1cccc([N+](=O)[O-])c1OCC(=O)Nc1ccccc1C. The zero-order valence-electron chi connectivity index (χ0n) is 20.7. The first-order chi connectivity index (χ1) is 18.3. The Labute approximate surface area is 226 Å². The Morgan fingerprint density at radius 2 is 2.00 bits per heavy atom. The number of hydrogen-bond acceptors (Lipinski definition) is 7. The van der Waals surface area contributed by atoms with Gasteiger partial charge in [0.15, 0.2) is 6.61 Å². The molecule has 1 amide bonds. The number of benzene rings is 3. The van der Waals surface area contributed by atoms with Crippen LogP contribution in [0.5, 0.6) is 5.75 Å². The molecule has 11 heteroatoms. The smallest absolute Gasteiger partial charge is 0.311 e. The highest BCUT2D eigenvalue weighted by Crippen LogP contribution is 2.30. The fraction of sp³-hybridized carbons (Fsp3) is 0.185. The van der Waals surface area contributed by atoms with Crippen molar-refractivity contribution in [3.8, 4) is 5.75 Å². The number of carbonyl (C=O) groups is 1. The number of halogens is 1. The summed E-state index contributed by atoms with van der Waals surface area (Å²) in [6.45, 7) is 3.34. The van der Waals surface area contributed by atoms with Crippen molar-refractivity contribution in [3.05, 3.63) is 103 Å². The van der Waals surface area contributed by atoms with Crippen LogP contribution in [0, 0.1) is 17.0 Å². The minimum absolute atomic E-state index is 0.136. The molecule has 0 aliphatic rings. The van der Waals surface area contributed by atoms with Crippen LogP contribution in [0.15, 0.2) is 75.0 Å². The number of hydrogen-bond donors (Lipinski definition) is 1. The van der Waals surface area contributed by atoms with E-state index in [4.69, 9.17) is 4.74 Å². The van der Waals surface area contributed by atoms with E-state index < -0.39 is 17.4 Å². The lowest BCUT2D eigenvalue weighted by molar-refractivity contribution is -0.385. The average Bonchev–Trinajstić information content (AvgIpc) is 2.89. The second-order valence-electron chi connectivity index (χ2n) is 8.41. The number of nitro groups is 1. The molecule has 1 N–H and O–H groups in total. The Morgan fingerprint density at radius 1 is 1.21 bits per heavy atom. The van der Waals surface area contributed by atoms with E-state index in [1.807, 2.05) is 26.0 Å². The van der Waals surface area contributed by atoms with Crippen LogP contribution in [0.2, 0.25) is 0 Å².